The molecule has 0 aromatic heterocycles. The molecule has 2 aliphatic heterocycles. The zero-order valence-corrected chi connectivity index (χ0v) is 24.3. The van der Waals surface area contributed by atoms with Gasteiger partial charge in [-0.05, 0) is 60.3 Å². The smallest absolute Gasteiger partial charge is 0.416 e. The SMILES string of the molecule is CC[Si](CC)(CC)O[C@H](C)[C@H]1C(=O)N2C(C(=O)O)=C(c3ccc(C(F)(F)F)cc3)C(Cc3ccc([N+](=O)[O-])cc3)[C@H]12. The number of non-ortho nitro benzene ring substituents is 1. The first-order chi connectivity index (χ1) is 19.3. The summed E-state index contributed by atoms with van der Waals surface area (Å²) in [5.41, 5.74) is -0.0188. The van der Waals surface area contributed by atoms with Crippen LogP contribution in [0.3, 0.4) is 0 Å². The number of aliphatic carboxylic acids is 1. The van der Waals surface area contributed by atoms with Gasteiger partial charge in [0, 0.05) is 18.1 Å². The Morgan fingerprint density at radius 3 is 2.10 bits per heavy atom. The van der Waals surface area contributed by atoms with Crippen molar-refractivity contribution in [2.24, 2.45) is 11.8 Å². The van der Waals surface area contributed by atoms with Gasteiger partial charge < -0.3 is 14.4 Å². The number of fused-ring (bicyclic) bond motifs is 1. The molecule has 1 amide bonds. The average Bonchev–Trinajstić information content (AvgIpc) is 3.22. The second kappa shape index (κ2) is 11.4. The molecular formula is C29H33F3N2O6Si. The van der Waals surface area contributed by atoms with Crippen molar-refractivity contribution in [1.29, 1.82) is 0 Å². The minimum Gasteiger partial charge on any atom is -0.477 e. The third kappa shape index (κ3) is 5.54. The Balaban J connectivity index is 1.79. The zero-order chi connectivity index (χ0) is 30.3. The molecule has 0 saturated carbocycles. The van der Waals surface area contributed by atoms with Gasteiger partial charge in [-0.3, -0.25) is 14.9 Å². The van der Waals surface area contributed by atoms with Crippen LogP contribution in [0.5, 0.6) is 0 Å². The number of carboxylic acid groups (broad SMARTS) is 1. The van der Waals surface area contributed by atoms with Gasteiger partial charge in [-0.2, -0.15) is 13.2 Å². The lowest BCUT2D eigenvalue weighted by molar-refractivity contribution is -0.384. The van der Waals surface area contributed by atoms with Crippen LogP contribution in [0.4, 0.5) is 18.9 Å². The standard InChI is InChI=1S/C29H33F3N2O6Si/c1-5-41(6-2,7-3)40-17(4)23-25-22(16-18-8-14-21(15-9-18)34(38)39)24(26(28(36)37)33(25)27(23)35)19-10-12-20(13-11-19)29(30,31)32/h8-15,17,22-23,25H,5-7,16H2,1-4H3,(H,36,37)/t17-,22?,23-,25-/m1/s1. The van der Waals surface area contributed by atoms with E-state index in [1.165, 1.54) is 29.2 Å². The molecule has 12 heteroatoms. The summed E-state index contributed by atoms with van der Waals surface area (Å²) in [7, 11) is -2.13. The molecule has 2 aromatic rings. The summed E-state index contributed by atoms with van der Waals surface area (Å²) in [6, 6.07) is 12.1. The zero-order valence-electron chi connectivity index (χ0n) is 23.3. The van der Waals surface area contributed by atoms with E-state index in [0.29, 0.717) is 5.56 Å². The van der Waals surface area contributed by atoms with E-state index in [1.54, 1.807) is 12.1 Å². The molecule has 0 aliphatic carbocycles. The average molecular weight is 591 g/mol. The van der Waals surface area contributed by atoms with Gasteiger partial charge >= 0.3 is 12.1 Å². The van der Waals surface area contributed by atoms with Crippen LogP contribution in [-0.4, -0.2) is 47.3 Å². The van der Waals surface area contributed by atoms with E-state index in [9.17, 15) is 38.0 Å². The van der Waals surface area contributed by atoms with Gasteiger partial charge in [-0.25, -0.2) is 4.79 Å². The van der Waals surface area contributed by atoms with E-state index in [2.05, 4.69) is 20.8 Å². The van der Waals surface area contributed by atoms with Crippen LogP contribution in [0.2, 0.25) is 18.1 Å². The number of hydrogen-bond donors (Lipinski definition) is 1. The van der Waals surface area contributed by atoms with Gasteiger partial charge in [-0.1, -0.05) is 45.0 Å². The number of carbonyl (C=O) groups excluding carboxylic acids is 1. The Morgan fingerprint density at radius 1 is 1.07 bits per heavy atom. The number of β-lactam (4-membered cyclic amide) rings is 1. The number of halogens is 3. The number of nitro benzene ring substituents is 1. The molecule has 1 N–H and O–H groups in total. The van der Waals surface area contributed by atoms with Crippen molar-refractivity contribution >= 4 is 31.5 Å². The normalized spacial score (nSPS) is 21.5. The van der Waals surface area contributed by atoms with Crippen molar-refractivity contribution in [3.63, 3.8) is 0 Å². The number of benzene rings is 2. The summed E-state index contributed by atoms with van der Waals surface area (Å²) in [4.78, 5) is 38.0. The number of alkyl halides is 3. The van der Waals surface area contributed by atoms with Crippen LogP contribution in [-0.2, 0) is 26.6 Å². The molecule has 41 heavy (non-hydrogen) atoms. The third-order valence-electron chi connectivity index (χ3n) is 8.67. The highest BCUT2D eigenvalue weighted by Gasteiger charge is 2.62. The molecule has 2 heterocycles. The Morgan fingerprint density at radius 2 is 1.63 bits per heavy atom. The van der Waals surface area contributed by atoms with Gasteiger partial charge in [0.15, 0.2) is 8.32 Å². The monoisotopic (exact) mass is 590 g/mol. The lowest BCUT2D eigenvalue weighted by Gasteiger charge is -2.49. The quantitative estimate of drug-likeness (QED) is 0.138. The van der Waals surface area contributed by atoms with E-state index in [4.69, 9.17) is 4.43 Å². The molecule has 2 aromatic carbocycles. The van der Waals surface area contributed by atoms with Crippen molar-refractivity contribution in [2.75, 3.05) is 0 Å². The molecule has 0 spiro atoms. The van der Waals surface area contributed by atoms with Crippen LogP contribution >= 0.6 is 0 Å². The maximum Gasteiger partial charge on any atom is 0.416 e. The maximum atomic E-state index is 13.6. The Bertz CT molecular complexity index is 1350. The topological polar surface area (TPSA) is 110 Å². The molecule has 220 valence electrons. The minimum absolute atomic E-state index is 0.106. The highest BCUT2D eigenvalue weighted by Crippen LogP contribution is 2.52. The van der Waals surface area contributed by atoms with E-state index in [1.807, 2.05) is 6.92 Å². The highest BCUT2D eigenvalue weighted by atomic mass is 28.4. The first-order valence-electron chi connectivity index (χ1n) is 13.7. The van der Waals surface area contributed by atoms with Gasteiger partial charge in [0.05, 0.1) is 28.6 Å². The molecule has 4 atom stereocenters. The number of nitro groups is 1. The van der Waals surface area contributed by atoms with Gasteiger partial charge in [0.25, 0.3) is 5.69 Å². The fraction of sp³-hybridized carbons (Fsp3) is 0.448. The molecule has 2 aliphatic rings. The molecule has 1 saturated heterocycles. The van der Waals surface area contributed by atoms with Crippen molar-refractivity contribution in [2.45, 2.75) is 70.6 Å². The van der Waals surface area contributed by atoms with Crippen molar-refractivity contribution in [1.82, 2.24) is 4.90 Å². The number of amides is 1. The fourth-order valence-electron chi connectivity index (χ4n) is 6.28. The largest absolute Gasteiger partial charge is 0.477 e. The summed E-state index contributed by atoms with van der Waals surface area (Å²) >= 11 is 0. The lowest BCUT2D eigenvalue weighted by atomic mass is 9.73. The van der Waals surface area contributed by atoms with Gasteiger partial charge in [0.1, 0.15) is 5.70 Å². The highest BCUT2D eigenvalue weighted by molar-refractivity contribution is 6.73. The second-order valence-corrected chi connectivity index (χ2v) is 15.4. The molecule has 1 unspecified atom stereocenters. The predicted octanol–water partition coefficient (Wildman–Crippen LogP) is 6.52. The van der Waals surface area contributed by atoms with E-state index in [-0.39, 0.29) is 34.8 Å². The summed E-state index contributed by atoms with van der Waals surface area (Å²) in [6.45, 7) is 8.05. The molecule has 4 rings (SSSR count). The summed E-state index contributed by atoms with van der Waals surface area (Å²) in [6.07, 6.45) is -4.83. The summed E-state index contributed by atoms with van der Waals surface area (Å²) in [5, 5.41) is 21.4. The van der Waals surface area contributed by atoms with Crippen LogP contribution < -0.4 is 0 Å². The van der Waals surface area contributed by atoms with Crippen LogP contribution in [0, 0.1) is 22.0 Å². The van der Waals surface area contributed by atoms with Crippen molar-refractivity contribution < 1.29 is 37.2 Å². The maximum absolute atomic E-state index is 13.6. The van der Waals surface area contributed by atoms with Crippen LogP contribution in [0.1, 0.15) is 44.4 Å². The number of nitrogens with zero attached hydrogens (tertiary/aromatic N) is 2. The van der Waals surface area contributed by atoms with E-state index in [0.717, 1.165) is 30.3 Å². The molecule has 0 radical (unpaired) electrons. The Hall–Kier alpha value is -3.51. The van der Waals surface area contributed by atoms with Crippen LogP contribution in [0.15, 0.2) is 54.2 Å². The van der Waals surface area contributed by atoms with Gasteiger partial charge in [0.2, 0.25) is 5.91 Å². The second-order valence-electron chi connectivity index (χ2n) is 10.7. The molecule has 0 bridgehead atoms. The van der Waals surface area contributed by atoms with Crippen LogP contribution in [0.25, 0.3) is 5.57 Å². The number of carboxylic acids is 1. The van der Waals surface area contributed by atoms with E-state index >= 15 is 0 Å². The Kier molecular flexibility index (Phi) is 8.47. The van der Waals surface area contributed by atoms with Crippen molar-refractivity contribution in [3.05, 3.63) is 81.0 Å². The first-order valence-corrected chi connectivity index (χ1v) is 16.2. The number of hydrogen-bond acceptors (Lipinski definition) is 5. The van der Waals surface area contributed by atoms with Crippen molar-refractivity contribution in [3.8, 4) is 0 Å². The lowest BCUT2D eigenvalue weighted by Crippen LogP contribution is -2.65. The molecular weight excluding hydrogens is 557 g/mol. The molecule has 8 nitrogen and oxygen atoms in total. The van der Waals surface area contributed by atoms with Gasteiger partial charge in [-0.15, -0.1) is 0 Å². The Labute approximate surface area is 237 Å². The molecule has 1 fully saturated rings. The summed E-state index contributed by atoms with van der Waals surface area (Å²) < 4.78 is 46.5. The predicted molar refractivity (Wildman–Crippen MR) is 148 cm³/mol. The van der Waals surface area contributed by atoms with E-state index < -0.39 is 54.9 Å². The fourth-order valence-corrected chi connectivity index (χ4v) is 9.22. The third-order valence-corrected chi connectivity index (χ3v) is 13.4. The minimum atomic E-state index is -4.57. The first kappa shape index (κ1) is 30.4. The number of rotatable bonds is 11. The number of carbonyl (C=O) groups is 2. The summed E-state index contributed by atoms with van der Waals surface area (Å²) in [5.74, 6) is -2.97.